The average Bonchev–Trinajstić information content (AvgIpc) is 3.12. The van der Waals surface area contributed by atoms with E-state index in [0.717, 1.165) is 12.1 Å². The number of halogens is 2. The molecular weight excluding hydrogens is 328 g/mol. The van der Waals surface area contributed by atoms with E-state index in [1.165, 1.54) is 23.4 Å². The van der Waals surface area contributed by atoms with Gasteiger partial charge in [0.15, 0.2) is 0 Å². The molecule has 128 valence electrons. The Bertz CT molecular complexity index is 883. The van der Waals surface area contributed by atoms with E-state index in [1.807, 2.05) is 0 Å². The lowest BCUT2D eigenvalue weighted by molar-refractivity contribution is -0.119. The molecule has 1 aromatic heterocycles. The smallest absolute Gasteiger partial charge is 0.249 e. The fourth-order valence-corrected chi connectivity index (χ4v) is 2.21. The standard InChI is InChI=1S/C17H15F2N5O/c1-11(24-10-20-9-21-24)17(25)23-16-5-3-2-4-15(16)22-14-7-6-12(18)8-13(14)19/h2-11,22H,1H3,(H,23,25). The normalized spacial score (nSPS) is 11.8. The molecule has 0 bridgehead atoms. The molecule has 0 saturated carbocycles. The molecule has 3 aromatic rings. The Hall–Kier alpha value is -3.29. The fourth-order valence-electron chi connectivity index (χ4n) is 2.21. The van der Waals surface area contributed by atoms with E-state index in [2.05, 4.69) is 20.7 Å². The van der Waals surface area contributed by atoms with Crippen LogP contribution in [0.1, 0.15) is 13.0 Å². The SMILES string of the molecule is CC(C(=O)Nc1ccccc1Nc1ccc(F)cc1F)n1cncn1. The van der Waals surface area contributed by atoms with E-state index >= 15 is 0 Å². The van der Waals surface area contributed by atoms with Crippen molar-refractivity contribution in [2.24, 2.45) is 0 Å². The summed E-state index contributed by atoms with van der Waals surface area (Å²) in [7, 11) is 0. The number of hydrogen-bond acceptors (Lipinski definition) is 4. The van der Waals surface area contributed by atoms with Gasteiger partial charge in [-0.1, -0.05) is 12.1 Å². The minimum atomic E-state index is -0.725. The summed E-state index contributed by atoms with van der Waals surface area (Å²) in [4.78, 5) is 16.2. The van der Waals surface area contributed by atoms with E-state index in [0.29, 0.717) is 11.4 Å². The molecular formula is C17H15F2N5O. The first kappa shape index (κ1) is 16.6. The lowest BCUT2D eigenvalue weighted by atomic mass is 10.2. The molecule has 1 amide bonds. The van der Waals surface area contributed by atoms with Crippen LogP contribution < -0.4 is 10.6 Å². The summed E-state index contributed by atoms with van der Waals surface area (Å²) in [5.74, 6) is -1.69. The highest BCUT2D eigenvalue weighted by molar-refractivity contribution is 5.96. The van der Waals surface area contributed by atoms with Crippen LogP contribution in [-0.4, -0.2) is 20.7 Å². The van der Waals surface area contributed by atoms with Crippen molar-refractivity contribution >= 4 is 23.0 Å². The predicted molar refractivity (Wildman–Crippen MR) is 89.4 cm³/mol. The van der Waals surface area contributed by atoms with E-state index in [9.17, 15) is 13.6 Å². The maximum Gasteiger partial charge on any atom is 0.249 e. The van der Waals surface area contributed by atoms with Crippen molar-refractivity contribution in [1.82, 2.24) is 14.8 Å². The molecule has 0 aliphatic heterocycles. The number of benzene rings is 2. The third-order valence-electron chi connectivity index (χ3n) is 3.60. The summed E-state index contributed by atoms with van der Waals surface area (Å²) in [6.07, 6.45) is 2.79. The van der Waals surface area contributed by atoms with Gasteiger partial charge in [-0.25, -0.2) is 18.4 Å². The highest BCUT2D eigenvalue weighted by Crippen LogP contribution is 2.27. The first-order chi connectivity index (χ1) is 12.0. The van der Waals surface area contributed by atoms with Crippen LogP contribution in [0.25, 0.3) is 0 Å². The number of nitrogens with zero attached hydrogens (tertiary/aromatic N) is 3. The van der Waals surface area contributed by atoms with E-state index in [1.54, 1.807) is 31.2 Å². The Labute approximate surface area is 142 Å². The summed E-state index contributed by atoms with van der Waals surface area (Å²) in [6, 6.07) is 9.49. The van der Waals surface area contributed by atoms with Crippen molar-refractivity contribution in [1.29, 1.82) is 0 Å². The second-order valence-electron chi connectivity index (χ2n) is 5.34. The molecule has 6 nitrogen and oxygen atoms in total. The minimum Gasteiger partial charge on any atom is -0.351 e. The molecule has 0 radical (unpaired) electrons. The fraction of sp³-hybridized carbons (Fsp3) is 0.118. The number of carbonyl (C=O) groups is 1. The maximum atomic E-state index is 13.8. The number of rotatable bonds is 5. The summed E-state index contributed by atoms with van der Waals surface area (Å²) in [6.45, 7) is 1.68. The second kappa shape index (κ2) is 7.08. The Balaban J connectivity index is 1.80. The van der Waals surface area contributed by atoms with Crippen LogP contribution in [0.15, 0.2) is 55.1 Å². The molecule has 3 rings (SSSR count). The van der Waals surface area contributed by atoms with Crippen LogP contribution in [0.2, 0.25) is 0 Å². The van der Waals surface area contributed by atoms with Crippen molar-refractivity contribution in [2.45, 2.75) is 13.0 Å². The molecule has 1 heterocycles. The van der Waals surface area contributed by atoms with Crippen LogP contribution in [0, 0.1) is 11.6 Å². The van der Waals surface area contributed by atoms with E-state index in [-0.39, 0.29) is 11.6 Å². The van der Waals surface area contributed by atoms with Gasteiger partial charge >= 0.3 is 0 Å². The van der Waals surface area contributed by atoms with Crippen molar-refractivity contribution in [2.75, 3.05) is 10.6 Å². The zero-order valence-electron chi connectivity index (χ0n) is 13.3. The van der Waals surface area contributed by atoms with Crippen LogP contribution in [-0.2, 0) is 4.79 Å². The van der Waals surface area contributed by atoms with Crippen LogP contribution >= 0.6 is 0 Å². The predicted octanol–water partition coefficient (Wildman–Crippen LogP) is 3.50. The lowest BCUT2D eigenvalue weighted by Gasteiger charge is -2.16. The van der Waals surface area contributed by atoms with Gasteiger partial charge in [0.25, 0.3) is 0 Å². The third kappa shape index (κ3) is 3.79. The third-order valence-corrected chi connectivity index (χ3v) is 3.60. The highest BCUT2D eigenvalue weighted by Gasteiger charge is 2.17. The van der Waals surface area contributed by atoms with Crippen LogP contribution in [0.4, 0.5) is 25.8 Å². The molecule has 25 heavy (non-hydrogen) atoms. The van der Waals surface area contributed by atoms with Crippen molar-refractivity contribution < 1.29 is 13.6 Å². The molecule has 2 N–H and O–H groups in total. The molecule has 0 aliphatic rings. The summed E-state index contributed by atoms with van der Waals surface area (Å²) in [5.41, 5.74) is 1.04. The monoisotopic (exact) mass is 343 g/mol. The molecule has 0 fully saturated rings. The molecule has 0 saturated heterocycles. The molecule has 8 heteroatoms. The van der Waals surface area contributed by atoms with E-state index < -0.39 is 17.7 Å². The Morgan fingerprint density at radius 1 is 1.12 bits per heavy atom. The van der Waals surface area contributed by atoms with Gasteiger partial charge in [0.2, 0.25) is 5.91 Å². The van der Waals surface area contributed by atoms with Gasteiger partial charge in [0.1, 0.15) is 30.3 Å². The number of aromatic nitrogens is 3. The van der Waals surface area contributed by atoms with Gasteiger partial charge in [-0.2, -0.15) is 5.10 Å². The van der Waals surface area contributed by atoms with Crippen LogP contribution in [0.3, 0.4) is 0 Å². The minimum absolute atomic E-state index is 0.104. The number of para-hydroxylation sites is 2. The van der Waals surface area contributed by atoms with Gasteiger partial charge in [0, 0.05) is 6.07 Å². The zero-order valence-corrected chi connectivity index (χ0v) is 13.3. The van der Waals surface area contributed by atoms with Gasteiger partial charge in [-0.05, 0) is 31.2 Å². The van der Waals surface area contributed by atoms with E-state index in [4.69, 9.17) is 0 Å². The van der Waals surface area contributed by atoms with Crippen molar-refractivity contribution in [3.63, 3.8) is 0 Å². The zero-order chi connectivity index (χ0) is 17.8. The summed E-state index contributed by atoms with van der Waals surface area (Å²) >= 11 is 0. The summed E-state index contributed by atoms with van der Waals surface area (Å²) in [5, 5.41) is 9.55. The van der Waals surface area contributed by atoms with Crippen molar-refractivity contribution in [3.05, 3.63) is 66.8 Å². The van der Waals surface area contributed by atoms with Gasteiger partial charge < -0.3 is 10.6 Å². The topological polar surface area (TPSA) is 71.8 Å². The Morgan fingerprint density at radius 2 is 1.88 bits per heavy atom. The first-order valence-electron chi connectivity index (χ1n) is 7.50. The number of carbonyl (C=O) groups excluding carboxylic acids is 1. The average molecular weight is 343 g/mol. The molecule has 0 spiro atoms. The molecule has 0 aliphatic carbocycles. The van der Waals surface area contributed by atoms with Crippen molar-refractivity contribution in [3.8, 4) is 0 Å². The molecule has 2 aromatic carbocycles. The maximum absolute atomic E-state index is 13.8. The number of amides is 1. The molecule has 1 unspecified atom stereocenters. The van der Waals surface area contributed by atoms with Gasteiger partial charge in [-0.3, -0.25) is 4.79 Å². The van der Waals surface area contributed by atoms with Gasteiger partial charge in [-0.15, -0.1) is 0 Å². The largest absolute Gasteiger partial charge is 0.351 e. The summed E-state index contributed by atoms with van der Waals surface area (Å²) < 4.78 is 28.3. The number of hydrogen-bond donors (Lipinski definition) is 2. The first-order valence-corrected chi connectivity index (χ1v) is 7.50. The van der Waals surface area contributed by atoms with Gasteiger partial charge in [0.05, 0.1) is 17.1 Å². The second-order valence-corrected chi connectivity index (χ2v) is 5.34. The Kier molecular flexibility index (Phi) is 4.69. The quantitative estimate of drug-likeness (QED) is 0.744. The number of anilines is 3. The number of nitrogens with one attached hydrogen (secondary N) is 2. The lowest BCUT2D eigenvalue weighted by Crippen LogP contribution is -2.24. The highest BCUT2D eigenvalue weighted by atomic mass is 19.1. The van der Waals surface area contributed by atoms with Crippen LogP contribution in [0.5, 0.6) is 0 Å². The molecule has 1 atom stereocenters. The Morgan fingerprint density at radius 3 is 2.56 bits per heavy atom.